The number of amides is 2. The molecule has 9 nitrogen and oxygen atoms in total. The Balaban J connectivity index is 1.37. The highest BCUT2D eigenvalue weighted by atomic mass is 16.5. The predicted molar refractivity (Wildman–Crippen MR) is 130 cm³/mol. The van der Waals surface area contributed by atoms with Gasteiger partial charge in [0.05, 0.1) is 11.9 Å². The van der Waals surface area contributed by atoms with E-state index in [2.05, 4.69) is 27.9 Å². The predicted octanol–water partition coefficient (Wildman–Crippen LogP) is 3.96. The highest BCUT2D eigenvalue weighted by Crippen LogP contribution is 2.44. The average molecular weight is 477 g/mol. The van der Waals surface area contributed by atoms with Gasteiger partial charge in [-0.3, -0.25) is 9.48 Å². The van der Waals surface area contributed by atoms with Crippen LogP contribution >= 0.6 is 0 Å². The van der Waals surface area contributed by atoms with E-state index in [1.165, 1.54) is 30.9 Å². The largest absolute Gasteiger partial charge is 0.479 e. The summed E-state index contributed by atoms with van der Waals surface area (Å²) in [4.78, 5) is 36.7. The zero-order chi connectivity index (χ0) is 25.2. The van der Waals surface area contributed by atoms with E-state index >= 15 is 0 Å². The molecule has 35 heavy (non-hydrogen) atoms. The van der Waals surface area contributed by atoms with Crippen LogP contribution in [0.1, 0.15) is 44.2 Å². The molecular formula is C26H28N4O5. The summed E-state index contributed by atoms with van der Waals surface area (Å²) in [5.74, 6) is -1.58. The smallest absolute Gasteiger partial charge is 0.407 e. The first-order chi connectivity index (χ1) is 16.7. The minimum absolute atomic E-state index is 0.0783. The molecule has 9 heteroatoms. The van der Waals surface area contributed by atoms with Crippen LogP contribution in [0.25, 0.3) is 11.1 Å². The van der Waals surface area contributed by atoms with Crippen LogP contribution in [0.2, 0.25) is 0 Å². The number of hydrogen-bond donors (Lipinski definition) is 3. The Labute approximate surface area is 203 Å². The Morgan fingerprint density at radius 2 is 1.69 bits per heavy atom. The number of alkyl carbamates (subject to hydrolysis) is 1. The number of ether oxygens (including phenoxy) is 1. The van der Waals surface area contributed by atoms with Crippen LogP contribution in [0.15, 0.2) is 60.9 Å². The normalized spacial score (nSPS) is 13.5. The zero-order valence-electron chi connectivity index (χ0n) is 19.8. The number of fused-ring (bicyclic) bond motifs is 3. The molecule has 0 saturated carbocycles. The number of carbonyl (C=O) groups is 3. The molecule has 2 aromatic carbocycles. The molecule has 0 bridgehead atoms. The Hall–Kier alpha value is -4.14. The molecule has 3 aromatic rings. The van der Waals surface area contributed by atoms with Gasteiger partial charge in [-0.2, -0.15) is 5.10 Å². The second-order valence-electron chi connectivity index (χ2n) is 8.96. The first kappa shape index (κ1) is 24.0. The summed E-state index contributed by atoms with van der Waals surface area (Å²) in [6, 6.07) is 15.3. The number of benzene rings is 2. The van der Waals surface area contributed by atoms with E-state index < -0.39 is 29.6 Å². The van der Waals surface area contributed by atoms with Gasteiger partial charge in [-0.1, -0.05) is 55.5 Å². The molecule has 4 rings (SSSR count). The Kier molecular flexibility index (Phi) is 6.59. The summed E-state index contributed by atoms with van der Waals surface area (Å²) < 4.78 is 6.79. The van der Waals surface area contributed by atoms with Gasteiger partial charge in [0, 0.05) is 12.1 Å². The number of carboxylic acid groups (broad SMARTS) is 1. The van der Waals surface area contributed by atoms with Gasteiger partial charge in [-0.15, -0.1) is 0 Å². The highest BCUT2D eigenvalue weighted by molar-refractivity contribution is 5.96. The molecule has 1 aliphatic carbocycles. The number of rotatable bonds is 8. The second kappa shape index (κ2) is 9.61. The van der Waals surface area contributed by atoms with Gasteiger partial charge < -0.3 is 20.5 Å². The minimum Gasteiger partial charge on any atom is -0.479 e. The molecule has 1 aromatic heterocycles. The van der Waals surface area contributed by atoms with Crippen molar-refractivity contribution in [3.63, 3.8) is 0 Å². The van der Waals surface area contributed by atoms with Crippen molar-refractivity contribution in [2.24, 2.45) is 0 Å². The lowest BCUT2D eigenvalue weighted by Crippen LogP contribution is -2.43. The van der Waals surface area contributed by atoms with Crippen LogP contribution in [-0.2, 0) is 19.9 Å². The molecule has 182 valence electrons. The monoisotopic (exact) mass is 476 g/mol. The lowest BCUT2D eigenvalue weighted by molar-refractivity contribution is -0.146. The first-order valence-electron chi connectivity index (χ1n) is 11.4. The number of nitrogens with one attached hydrogen (secondary N) is 2. The Bertz CT molecular complexity index is 1220. The van der Waals surface area contributed by atoms with Crippen LogP contribution in [0.3, 0.4) is 0 Å². The molecule has 2 amide bonds. The fraction of sp³-hybridized carbons (Fsp3) is 0.308. The van der Waals surface area contributed by atoms with Gasteiger partial charge >= 0.3 is 12.1 Å². The topological polar surface area (TPSA) is 123 Å². The fourth-order valence-corrected chi connectivity index (χ4v) is 4.16. The standard InChI is InChI=1S/C26H28N4O5/c1-4-22(23(31)28-16-13-27-30(14-16)26(2,3)24(32)33)29-25(34)35-15-21-19-11-7-5-9-17(19)18-10-6-8-12-20(18)21/h5-14,21-22H,4,15H2,1-3H3,(H,28,31)(H,29,34)(H,32,33). The van der Waals surface area contributed by atoms with E-state index in [-0.39, 0.29) is 12.5 Å². The number of carbonyl (C=O) groups excluding carboxylic acids is 2. The number of carboxylic acids is 1. The second-order valence-corrected chi connectivity index (χ2v) is 8.96. The summed E-state index contributed by atoms with van der Waals surface area (Å²) in [6.07, 6.45) is 2.45. The van der Waals surface area contributed by atoms with Gasteiger partial charge in [-0.25, -0.2) is 9.59 Å². The van der Waals surface area contributed by atoms with Gasteiger partial charge in [0.15, 0.2) is 5.54 Å². The molecule has 0 fully saturated rings. The molecular weight excluding hydrogens is 448 g/mol. The SMILES string of the molecule is CCC(NC(=O)OCC1c2ccccc2-c2ccccc21)C(=O)Nc1cnn(C(C)(C)C(=O)O)c1. The summed E-state index contributed by atoms with van der Waals surface area (Å²) in [5, 5.41) is 18.7. The molecule has 1 unspecified atom stereocenters. The van der Waals surface area contributed by atoms with Crippen molar-refractivity contribution in [2.75, 3.05) is 11.9 Å². The maximum Gasteiger partial charge on any atom is 0.407 e. The third-order valence-electron chi connectivity index (χ3n) is 6.31. The van der Waals surface area contributed by atoms with Crippen LogP contribution < -0.4 is 10.6 Å². The average Bonchev–Trinajstić information content (AvgIpc) is 3.44. The highest BCUT2D eigenvalue weighted by Gasteiger charge is 2.31. The molecule has 3 N–H and O–H groups in total. The van der Waals surface area contributed by atoms with Crippen molar-refractivity contribution in [3.05, 3.63) is 72.1 Å². The van der Waals surface area contributed by atoms with Crippen molar-refractivity contribution in [3.8, 4) is 11.1 Å². The van der Waals surface area contributed by atoms with Crippen LogP contribution in [0.4, 0.5) is 10.5 Å². The maximum atomic E-state index is 12.7. The van der Waals surface area contributed by atoms with Crippen LogP contribution in [-0.4, -0.2) is 45.5 Å². The fourth-order valence-electron chi connectivity index (χ4n) is 4.16. The van der Waals surface area contributed by atoms with E-state index in [4.69, 9.17) is 4.74 Å². The zero-order valence-corrected chi connectivity index (χ0v) is 19.8. The lowest BCUT2D eigenvalue weighted by Gasteiger charge is -2.19. The van der Waals surface area contributed by atoms with Crippen molar-refractivity contribution >= 4 is 23.7 Å². The van der Waals surface area contributed by atoms with Crippen LogP contribution in [0.5, 0.6) is 0 Å². The van der Waals surface area contributed by atoms with E-state index in [1.807, 2.05) is 36.4 Å². The van der Waals surface area contributed by atoms with Crippen molar-refractivity contribution in [2.45, 2.75) is 44.7 Å². The molecule has 1 heterocycles. The quantitative estimate of drug-likeness (QED) is 0.452. The van der Waals surface area contributed by atoms with E-state index in [9.17, 15) is 19.5 Å². The van der Waals surface area contributed by atoms with Crippen LogP contribution in [0, 0.1) is 0 Å². The third kappa shape index (κ3) is 4.75. The van der Waals surface area contributed by atoms with Crippen molar-refractivity contribution in [1.29, 1.82) is 0 Å². The van der Waals surface area contributed by atoms with Crippen molar-refractivity contribution < 1.29 is 24.2 Å². The molecule has 0 saturated heterocycles. The molecule has 0 radical (unpaired) electrons. The summed E-state index contributed by atoms with van der Waals surface area (Å²) in [7, 11) is 0. The van der Waals surface area contributed by atoms with Gasteiger partial charge in [0.25, 0.3) is 0 Å². The van der Waals surface area contributed by atoms with Gasteiger partial charge in [0.1, 0.15) is 12.6 Å². The lowest BCUT2D eigenvalue weighted by atomic mass is 9.98. The van der Waals surface area contributed by atoms with E-state index in [1.54, 1.807) is 6.92 Å². The molecule has 1 atom stereocenters. The number of aliphatic carboxylic acids is 1. The summed E-state index contributed by atoms with van der Waals surface area (Å²) >= 11 is 0. The Morgan fingerprint density at radius 1 is 1.09 bits per heavy atom. The molecule has 0 spiro atoms. The summed E-state index contributed by atoms with van der Waals surface area (Å²) in [6.45, 7) is 4.92. The number of hydrogen-bond acceptors (Lipinski definition) is 5. The Morgan fingerprint density at radius 3 is 2.26 bits per heavy atom. The van der Waals surface area contributed by atoms with Gasteiger partial charge in [0.2, 0.25) is 5.91 Å². The molecule has 0 aliphatic heterocycles. The number of nitrogens with zero attached hydrogens (tertiary/aromatic N) is 2. The van der Waals surface area contributed by atoms with Gasteiger partial charge in [-0.05, 0) is 42.5 Å². The minimum atomic E-state index is -1.27. The van der Waals surface area contributed by atoms with E-state index in [0.717, 1.165) is 22.3 Å². The third-order valence-corrected chi connectivity index (χ3v) is 6.31. The van der Waals surface area contributed by atoms with Crippen molar-refractivity contribution in [1.82, 2.24) is 15.1 Å². The van der Waals surface area contributed by atoms with E-state index in [0.29, 0.717) is 12.1 Å². The number of anilines is 1. The summed E-state index contributed by atoms with van der Waals surface area (Å²) in [5.41, 5.74) is 3.54. The maximum absolute atomic E-state index is 12.7. The molecule has 1 aliphatic rings. The first-order valence-corrected chi connectivity index (χ1v) is 11.4. The number of aromatic nitrogens is 2.